The number of fused-ring (bicyclic) bond motifs is 1. The van der Waals surface area contributed by atoms with Crippen molar-refractivity contribution < 1.29 is 0 Å². The maximum absolute atomic E-state index is 3.42. The summed E-state index contributed by atoms with van der Waals surface area (Å²) in [6, 6.07) is 18.8. The van der Waals surface area contributed by atoms with E-state index in [0.29, 0.717) is 5.92 Å². The highest BCUT2D eigenvalue weighted by Gasteiger charge is 2.24. The summed E-state index contributed by atoms with van der Waals surface area (Å²) in [7, 11) is 0. The summed E-state index contributed by atoms with van der Waals surface area (Å²) in [5.41, 5.74) is 4.09. The molecule has 1 N–H and O–H groups in total. The average Bonchev–Trinajstić information content (AvgIpc) is 2.44. The molecule has 0 aliphatic heterocycles. The van der Waals surface area contributed by atoms with E-state index < -0.39 is 0 Å². The van der Waals surface area contributed by atoms with Crippen LogP contribution < -0.4 is 5.32 Å². The van der Waals surface area contributed by atoms with Crippen molar-refractivity contribution in [2.75, 3.05) is 13.1 Å². The molecule has 0 saturated carbocycles. The summed E-state index contributed by atoms with van der Waals surface area (Å²) < 4.78 is 0. The Bertz CT molecular complexity index is 604. The minimum absolute atomic E-state index is 0.676. The molecule has 1 heteroatoms. The van der Waals surface area contributed by atoms with Crippen molar-refractivity contribution in [2.24, 2.45) is 0 Å². The van der Waals surface area contributed by atoms with Gasteiger partial charge in [0.25, 0.3) is 0 Å². The Hall–Kier alpha value is -2.04. The lowest BCUT2D eigenvalue weighted by atomic mass is 9.78. The zero-order chi connectivity index (χ0) is 12.9. The van der Waals surface area contributed by atoms with Gasteiger partial charge in [-0.3, -0.25) is 0 Å². The molecule has 1 aliphatic carbocycles. The van der Waals surface area contributed by atoms with Crippen molar-refractivity contribution in [3.8, 4) is 11.8 Å². The van der Waals surface area contributed by atoms with E-state index in [1.165, 1.54) is 17.5 Å². The van der Waals surface area contributed by atoms with E-state index >= 15 is 0 Å². The fourth-order valence-electron chi connectivity index (χ4n) is 2.52. The molecule has 1 atom stereocenters. The Morgan fingerprint density at radius 2 is 1.79 bits per heavy atom. The Balaban J connectivity index is 1.45. The molecule has 0 aromatic heterocycles. The standard InChI is InChI=1S/C18H17N/c1-2-7-15(8-3-1)9-6-12-19-14-17-13-16-10-4-5-11-18(16)17/h1-5,7-8,10-11,17,19H,12-14H2. The molecule has 1 unspecified atom stereocenters. The molecule has 0 spiro atoms. The molecule has 1 aliphatic rings. The van der Waals surface area contributed by atoms with E-state index in [1.54, 1.807) is 0 Å². The SMILES string of the molecule is C(#Cc1ccccc1)CNCC1Cc2ccccc21. The Morgan fingerprint density at radius 3 is 2.63 bits per heavy atom. The average molecular weight is 247 g/mol. The van der Waals surface area contributed by atoms with Crippen LogP contribution in [0.3, 0.4) is 0 Å². The van der Waals surface area contributed by atoms with Crippen LogP contribution >= 0.6 is 0 Å². The molecule has 1 nitrogen and oxygen atoms in total. The van der Waals surface area contributed by atoms with Gasteiger partial charge in [-0.15, -0.1) is 0 Å². The van der Waals surface area contributed by atoms with Crippen LogP contribution in [0.4, 0.5) is 0 Å². The fraction of sp³-hybridized carbons (Fsp3) is 0.222. The summed E-state index contributed by atoms with van der Waals surface area (Å²) in [6.45, 7) is 1.79. The first kappa shape index (κ1) is 12.0. The smallest absolute Gasteiger partial charge is 0.0580 e. The molecule has 2 aromatic carbocycles. The predicted molar refractivity (Wildman–Crippen MR) is 79.1 cm³/mol. The third kappa shape index (κ3) is 2.86. The zero-order valence-electron chi connectivity index (χ0n) is 10.9. The molecule has 3 rings (SSSR count). The molecule has 0 saturated heterocycles. The van der Waals surface area contributed by atoms with Gasteiger partial charge in [0.1, 0.15) is 0 Å². The summed E-state index contributed by atoms with van der Waals surface area (Å²) in [5, 5.41) is 3.42. The van der Waals surface area contributed by atoms with Crippen LogP contribution in [-0.4, -0.2) is 13.1 Å². The van der Waals surface area contributed by atoms with Gasteiger partial charge in [0.2, 0.25) is 0 Å². The van der Waals surface area contributed by atoms with Gasteiger partial charge in [-0.1, -0.05) is 54.3 Å². The zero-order valence-corrected chi connectivity index (χ0v) is 10.9. The lowest BCUT2D eigenvalue weighted by Crippen LogP contribution is -2.29. The lowest BCUT2D eigenvalue weighted by Gasteiger charge is -2.30. The third-order valence-electron chi connectivity index (χ3n) is 3.57. The second-order valence-electron chi connectivity index (χ2n) is 4.90. The maximum atomic E-state index is 3.42. The largest absolute Gasteiger partial charge is 0.306 e. The van der Waals surface area contributed by atoms with E-state index in [2.05, 4.69) is 41.4 Å². The minimum Gasteiger partial charge on any atom is -0.306 e. The van der Waals surface area contributed by atoms with Gasteiger partial charge in [-0.25, -0.2) is 0 Å². The normalized spacial score (nSPS) is 15.9. The van der Waals surface area contributed by atoms with E-state index in [0.717, 1.165) is 18.7 Å². The highest BCUT2D eigenvalue weighted by molar-refractivity contribution is 5.40. The van der Waals surface area contributed by atoms with Gasteiger partial charge in [-0.05, 0) is 29.7 Å². The van der Waals surface area contributed by atoms with E-state index in [9.17, 15) is 0 Å². The molecule has 0 bridgehead atoms. The summed E-state index contributed by atoms with van der Waals surface area (Å²) in [4.78, 5) is 0. The van der Waals surface area contributed by atoms with E-state index in [1.807, 2.05) is 30.3 Å². The van der Waals surface area contributed by atoms with Crippen molar-refractivity contribution in [1.82, 2.24) is 5.32 Å². The second kappa shape index (κ2) is 5.73. The van der Waals surface area contributed by atoms with Crippen molar-refractivity contribution in [3.05, 3.63) is 71.3 Å². The molecule has 19 heavy (non-hydrogen) atoms. The Morgan fingerprint density at radius 1 is 1.00 bits per heavy atom. The molecule has 0 radical (unpaired) electrons. The maximum Gasteiger partial charge on any atom is 0.0580 e. The highest BCUT2D eigenvalue weighted by Crippen LogP contribution is 2.33. The lowest BCUT2D eigenvalue weighted by molar-refractivity contribution is 0.557. The first-order chi connectivity index (χ1) is 9.43. The van der Waals surface area contributed by atoms with Gasteiger partial charge >= 0.3 is 0 Å². The van der Waals surface area contributed by atoms with E-state index in [4.69, 9.17) is 0 Å². The number of hydrogen-bond acceptors (Lipinski definition) is 1. The van der Waals surface area contributed by atoms with Crippen LogP contribution in [0.1, 0.15) is 22.6 Å². The van der Waals surface area contributed by atoms with Crippen molar-refractivity contribution in [2.45, 2.75) is 12.3 Å². The number of hydrogen-bond donors (Lipinski definition) is 1. The molecule has 0 heterocycles. The van der Waals surface area contributed by atoms with Crippen LogP contribution in [-0.2, 0) is 6.42 Å². The molecule has 2 aromatic rings. The topological polar surface area (TPSA) is 12.0 Å². The Kier molecular flexibility index (Phi) is 3.63. The molecule has 0 amide bonds. The van der Waals surface area contributed by atoms with Crippen LogP contribution in [0, 0.1) is 11.8 Å². The molecule has 0 fully saturated rings. The van der Waals surface area contributed by atoms with Crippen LogP contribution in [0.25, 0.3) is 0 Å². The third-order valence-corrected chi connectivity index (χ3v) is 3.57. The van der Waals surface area contributed by atoms with Gasteiger partial charge in [0, 0.05) is 18.0 Å². The first-order valence-electron chi connectivity index (χ1n) is 6.76. The van der Waals surface area contributed by atoms with Crippen LogP contribution in [0.5, 0.6) is 0 Å². The molecular formula is C18H17N. The van der Waals surface area contributed by atoms with Crippen molar-refractivity contribution in [3.63, 3.8) is 0 Å². The van der Waals surface area contributed by atoms with E-state index in [-0.39, 0.29) is 0 Å². The number of nitrogens with one attached hydrogen (secondary N) is 1. The fourth-order valence-corrected chi connectivity index (χ4v) is 2.52. The highest BCUT2D eigenvalue weighted by atomic mass is 14.8. The monoisotopic (exact) mass is 247 g/mol. The predicted octanol–water partition coefficient (Wildman–Crippen LogP) is 2.97. The molecule has 94 valence electrons. The van der Waals surface area contributed by atoms with Gasteiger partial charge in [-0.2, -0.15) is 0 Å². The second-order valence-corrected chi connectivity index (χ2v) is 4.90. The van der Waals surface area contributed by atoms with Gasteiger partial charge in [0.15, 0.2) is 0 Å². The quantitative estimate of drug-likeness (QED) is 0.649. The summed E-state index contributed by atoms with van der Waals surface area (Å²) >= 11 is 0. The summed E-state index contributed by atoms with van der Waals surface area (Å²) in [5.74, 6) is 7.00. The van der Waals surface area contributed by atoms with Crippen LogP contribution in [0.15, 0.2) is 54.6 Å². The van der Waals surface area contributed by atoms with Crippen molar-refractivity contribution >= 4 is 0 Å². The number of rotatable bonds is 3. The Labute approximate surface area is 114 Å². The van der Waals surface area contributed by atoms with Gasteiger partial charge < -0.3 is 5.32 Å². The van der Waals surface area contributed by atoms with Crippen molar-refractivity contribution in [1.29, 1.82) is 0 Å². The molecular weight excluding hydrogens is 230 g/mol. The van der Waals surface area contributed by atoms with Gasteiger partial charge in [0.05, 0.1) is 6.54 Å². The van der Waals surface area contributed by atoms with Crippen LogP contribution in [0.2, 0.25) is 0 Å². The minimum atomic E-state index is 0.676. The summed E-state index contributed by atoms with van der Waals surface area (Å²) in [6.07, 6.45) is 1.20. The number of benzene rings is 2. The first-order valence-corrected chi connectivity index (χ1v) is 6.76.